The fourth-order valence-electron chi connectivity index (χ4n) is 1.71. The highest BCUT2D eigenvalue weighted by Gasteiger charge is 2.08. The van der Waals surface area contributed by atoms with Gasteiger partial charge in [0.1, 0.15) is 0 Å². The van der Waals surface area contributed by atoms with Crippen molar-refractivity contribution in [2.45, 2.75) is 0 Å². The van der Waals surface area contributed by atoms with Crippen LogP contribution in [0.2, 0.25) is 0 Å². The summed E-state index contributed by atoms with van der Waals surface area (Å²) in [6.07, 6.45) is 0. The van der Waals surface area contributed by atoms with E-state index in [0.717, 1.165) is 34.4 Å². The van der Waals surface area contributed by atoms with Crippen molar-refractivity contribution in [3.63, 3.8) is 0 Å². The monoisotopic (exact) mass is 348 g/mol. The van der Waals surface area contributed by atoms with Gasteiger partial charge in [-0.15, -0.1) is 36.2 Å². The van der Waals surface area contributed by atoms with E-state index in [1.165, 1.54) is 11.3 Å². The Hall–Kier alpha value is -0.950. The molecule has 2 heterocycles. The van der Waals surface area contributed by atoms with Crippen molar-refractivity contribution in [1.82, 2.24) is 4.98 Å². The summed E-state index contributed by atoms with van der Waals surface area (Å²) in [5, 5.41) is 6.87. The molecule has 0 unspecified atom stereocenters. The summed E-state index contributed by atoms with van der Waals surface area (Å²) in [7, 11) is 0. The number of thiazole rings is 1. The molecule has 8 heteroatoms. The van der Waals surface area contributed by atoms with E-state index in [1.807, 2.05) is 23.6 Å². The lowest BCUT2D eigenvalue weighted by Gasteiger charge is -2.06. The number of thioether (sulfide) groups is 1. The van der Waals surface area contributed by atoms with Crippen molar-refractivity contribution >= 4 is 63.9 Å². The Morgan fingerprint density at radius 1 is 1.25 bits per heavy atom. The number of halogens is 2. The number of anilines is 2. The van der Waals surface area contributed by atoms with Crippen molar-refractivity contribution in [3.8, 4) is 11.3 Å². The van der Waals surface area contributed by atoms with Gasteiger partial charge in [0.15, 0.2) is 10.3 Å². The van der Waals surface area contributed by atoms with Crippen molar-refractivity contribution in [1.29, 1.82) is 0 Å². The van der Waals surface area contributed by atoms with Gasteiger partial charge in [0.2, 0.25) is 0 Å². The van der Waals surface area contributed by atoms with Crippen LogP contribution in [0.4, 0.5) is 10.8 Å². The number of aliphatic imine (C=N–C) groups is 1. The maximum absolute atomic E-state index is 5.66. The van der Waals surface area contributed by atoms with E-state index in [4.69, 9.17) is 5.73 Å². The Kier molecular flexibility index (Phi) is 6.61. The highest BCUT2D eigenvalue weighted by Crippen LogP contribution is 2.26. The Morgan fingerprint density at radius 3 is 2.75 bits per heavy atom. The van der Waals surface area contributed by atoms with E-state index in [9.17, 15) is 0 Å². The number of nitrogens with two attached hydrogens (primary N) is 1. The summed E-state index contributed by atoms with van der Waals surface area (Å²) in [5.74, 6) is 1.06. The number of nitrogen functional groups attached to an aromatic ring is 1. The van der Waals surface area contributed by atoms with Gasteiger partial charge in [-0.1, -0.05) is 23.9 Å². The lowest BCUT2D eigenvalue weighted by molar-refractivity contribution is 1.17. The molecule has 0 atom stereocenters. The smallest absolute Gasteiger partial charge is 0.180 e. The molecule has 0 spiro atoms. The number of hydrogen-bond donors (Lipinski definition) is 2. The molecule has 0 amide bonds. The van der Waals surface area contributed by atoms with Gasteiger partial charge >= 0.3 is 0 Å². The second-order valence-corrected chi connectivity index (χ2v) is 5.79. The maximum Gasteiger partial charge on any atom is 0.180 e. The largest absolute Gasteiger partial charge is 0.375 e. The van der Waals surface area contributed by atoms with E-state index >= 15 is 0 Å². The van der Waals surface area contributed by atoms with Gasteiger partial charge in [-0.3, -0.25) is 4.99 Å². The molecule has 0 fully saturated rings. The molecule has 4 nitrogen and oxygen atoms in total. The van der Waals surface area contributed by atoms with Gasteiger partial charge in [-0.2, -0.15) is 0 Å². The highest BCUT2D eigenvalue weighted by atomic mass is 35.5. The van der Waals surface area contributed by atoms with Crippen LogP contribution in [0, 0.1) is 0 Å². The number of benzene rings is 1. The van der Waals surface area contributed by atoms with Crippen molar-refractivity contribution in [2.24, 2.45) is 4.99 Å². The SMILES string of the molecule is Cl.Cl.Nc1nc(-c2cccc(NC3=NCCS3)c2)cs1. The molecule has 0 radical (unpaired) electrons. The lowest BCUT2D eigenvalue weighted by Crippen LogP contribution is -2.04. The molecule has 1 aromatic heterocycles. The average Bonchev–Trinajstić information content (AvgIpc) is 3.01. The normalized spacial score (nSPS) is 13.1. The first-order chi connectivity index (χ1) is 8.81. The van der Waals surface area contributed by atoms with Crippen LogP contribution in [-0.4, -0.2) is 22.4 Å². The van der Waals surface area contributed by atoms with E-state index in [1.54, 1.807) is 11.8 Å². The third-order valence-corrected chi connectivity index (χ3v) is 4.08. The number of amidine groups is 1. The third-order valence-electron chi connectivity index (χ3n) is 2.52. The van der Waals surface area contributed by atoms with Crippen LogP contribution in [0.25, 0.3) is 11.3 Å². The zero-order chi connectivity index (χ0) is 12.4. The minimum atomic E-state index is 0. The fraction of sp³-hybridized carbons (Fsp3) is 0.167. The lowest BCUT2D eigenvalue weighted by atomic mass is 10.1. The second-order valence-electron chi connectivity index (χ2n) is 3.81. The Bertz CT molecular complexity index is 601. The predicted molar refractivity (Wildman–Crippen MR) is 94.8 cm³/mol. The van der Waals surface area contributed by atoms with Crippen molar-refractivity contribution < 1.29 is 0 Å². The minimum Gasteiger partial charge on any atom is -0.375 e. The molecule has 3 rings (SSSR count). The minimum absolute atomic E-state index is 0. The summed E-state index contributed by atoms with van der Waals surface area (Å²) >= 11 is 3.20. The van der Waals surface area contributed by atoms with E-state index in [2.05, 4.69) is 21.4 Å². The zero-order valence-electron chi connectivity index (χ0n) is 10.4. The number of nitrogens with one attached hydrogen (secondary N) is 1. The first kappa shape index (κ1) is 17.1. The molecule has 0 aliphatic carbocycles. The standard InChI is InChI=1S/C12H12N4S2.2ClH/c13-11-16-10(7-18-11)8-2-1-3-9(6-8)15-12-14-4-5-17-12;;/h1-3,6-7H,4-5H2,(H2,13,16)(H,14,15);2*1H. The predicted octanol–water partition coefficient (Wildman–Crippen LogP) is 3.75. The second kappa shape index (κ2) is 7.73. The van der Waals surface area contributed by atoms with Crippen LogP contribution in [0.5, 0.6) is 0 Å². The zero-order valence-corrected chi connectivity index (χ0v) is 13.7. The summed E-state index contributed by atoms with van der Waals surface area (Å²) < 4.78 is 0. The van der Waals surface area contributed by atoms with Crippen molar-refractivity contribution in [2.75, 3.05) is 23.3 Å². The van der Waals surface area contributed by atoms with Crippen LogP contribution in [0.3, 0.4) is 0 Å². The molecule has 0 saturated heterocycles. The summed E-state index contributed by atoms with van der Waals surface area (Å²) in [6.45, 7) is 0.898. The molecular formula is C12H14Cl2N4S2. The van der Waals surface area contributed by atoms with Crippen LogP contribution < -0.4 is 11.1 Å². The van der Waals surface area contributed by atoms with Gasteiger partial charge in [-0.05, 0) is 12.1 Å². The van der Waals surface area contributed by atoms with E-state index in [-0.39, 0.29) is 24.8 Å². The van der Waals surface area contributed by atoms with Gasteiger partial charge in [0, 0.05) is 22.4 Å². The van der Waals surface area contributed by atoms with Gasteiger partial charge in [0.05, 0.1) is 12.2 Å². The molecule has 108 valence electrons. The molecule has 1 aliphatic heterocycles. The number of rotatable bonds is 2. The first-order valence-corrected chi connectivity index (χ1v) is 7.43. The number of hydrogen-bond acceptors (Lipinski definition) is 6. The fourth-order valence-corrected chi connectivity index (χ4v) is 3.03. The summed E-state index contributed by atoms with van der Waals surface area (Å²) in [6, 6.07) is 8.13. The third kappa shape index (κ3) is 4.02. The molecule has 20 heavy (non-hydrogen) atoms. The molecule has 0 bridgehead atoms. The van der Waals surface area contributed by atoms with Crippen molar-refractivity contribution in [3.05, 3.63) is 29.6 Å². The quantitative estimate of drug-likeness (QED) is 0.867. The van der Waals surface area contributed by atoms with Gasteiger partial charge in [0.25, 0.3) is 0 Å². The van der Waals surface area contributed by atoms with Gasteiger partial charge in [-0.25, -0.2) is 4.98 Å². The Morgan fingerprint density at radius 2 is 2.10 bits per heavy atom. The highest BCUT2D eigenvalue weighted by molar-refractivity contribution is 8.14. The summed E-state index contributed by atoms with van der Waals surface area (Å²) in [4.78, 5) is 8.66. The Labute approximate surface area is 138 Å². The molecule has 1 aliphatic rings. The van der Waals surface area contributed by atoms with Crippen LogP contribution in [0.15, 0.2) is 34.6 Å². The Balaban J connectivity index is 0.000001000. The van der Waals surface area contributed by atoms with E-state index < -0.39 is 0 Å². The first-order valence-electron chi connectivity index (χ1n) is 5.57. The van der Waals surface area contributed by atoms with Crippen LogP contribution >= 0.6 is 47.9 Å². The molecule has 0 saturated carbocycles. The van der Waals surface area contributed by atoms with E-state index in [0.29, 0.717) is 5.13 Å². The van der Waals surface area contributed by atoms with Crippen LogP contribution in [0.1, 0.15) is 0 Å². The maximum atomic E-state index is 5.66. The van der Waals surface area contributed by atoms with Crippen LogP contribution in [-0.2, 0) is 0 Å². The van der Waals surface area contributed by atoms with Gasteiger partial charge < -0.3 is 11.1 Å². The average molecular weight is 349 g/mol. The number of nitrogens with zero attached hydrogens (tertiary/aromatic N) is 2. The topological polar surface area (TPSA) is 63.3 Å². The number of aromatic nitrogens is 1. The summed E-state index contributed by atoms with van der Waals surface area (Å²) in [5.41, 5.74) is 8.67. The molecule has 2 aromatic rings. The molecule has 3 N–H and O–H groups in total. The molecule has 1 aromatic carbocycles. The molecular weight excluding hydrogens is 335 g/mol.